The lowest BCUT2D eigenvalue weighted by Crippen LogP contribution is -2.42. The maximum absolute atomic E-state index is 5.82. The molecule has 1 aromatic rings. The van der Waals surface area contributed by atoms with E-state index in [4.69, 9.17) is 4.74 Å². The first kappa shape index (κ1) is 19.5. The highest BCUT2D eigenvalue weighted by atomic mass is 16.5. The molecule has 130 valence electrons. The molecule has 23 heavy (non-hydrogen) atoms. The van der Waals surface area contributed by atoms with Crippen molar-refractivity contribution >= 4 is 5.96 Å². The predicted octanol–water partition coefficient (Wildman–Crippen LogP) is 2.05. The summed E-state index contributed by atoms with van der Waals surface area (Å²) in [6, 6.07) is 10.3. The highest BCUT2D eigenvalue weighted by Crippen LogP contribution is 2.02. The molecule has 0 aromatic heterocycles. The van der Waals surface area contributed by atoms with E-state index in [9.17, 15) is 0 Å². The molecule has 0 fully saturated rings. The van der Waals surface area contributed by atoms with E-state index in [1.807, 2.05) is 44.1 Å². The van der Waals surface area contributed by atoms with Crippen molar-refractivity contribution < 1.29 is 4.74 Å². The van der Waals surface area contributed by atoms with E-state index < -0.39 is 0 Å². The Morgan fingerprint density at radius 2 is 1.87 bits per heavy atom. The monoisotopic (exact) mass is 320 g/mol. The molecule has 1 aromatic carbocycles. The molecule has 0 spiro atoms. The first-order chi connectivity index (χ1) is 11.0. The van der Waals surface area contributed by atoms with Crippen LogP contribution in [0.2, 0.25) is 0 Å². The topological polar surface area (TPSA) is 40.1 Å². The molecular formula is C18H32N4O. The average molecular weight is 320 g/mol. The van der Waals surface area contributed by atoms with Gasteiger partial charge in [-0.3, -0.25) is 0 Å². The number of hydrogen-bond acceptors (Lipinski definition) is 3. The van der Waals surface area contributed by atoms with Gasteiger partial charge < -0.3 is 19.9 Å². The van der Waals surface area contributed by atoms with Crippen molar-refractivity contribution in [2.24, 2.45) is 4.99 Å². The van der Waals surface area contributed by atoms with E-state index in [-0.39, 0.29) is 6.10 Å². The Morgan fingerprint density at radius 1 is 1.17 bits per heavy atom. The Hall–Kier alpha value is -1.59. The molecule has 0 radical (unpaired) electrons. The molecular weight excluding hydrogens is 288 g/mol. The van der Waals surface area contributed by atoms with Crippen LogP contribution in [0.5, 0.6) is 0 Å². The number of aliphatic imine (C=N–C) groups is 1. The Bertz CT molecular complexity index is 446. The lowest BCUT2D eigenvalue weighted by Gasteiger charge is -2.23. The molecule has 1 N–H and O–H groups in total. The highest BCUT2D eigenvalue weighted by Gasteiger charge is 2.11. The van der Waals surface area contributed by atoms with Crippen molar-refractivity contribution in [1.82, 2.24) is 15.1 Å². The van der Waals surface area contributed by atoms with Crippen LogP contribution in [0.15, 0.2) is 35.3 Å². The number of rotatable bonds is 9. The van der Waals surface area contributed by atoms with Crippen LogP contribution in [0, 0.1) is 0 Å². The lowest BCUT2D eigenvalue weighted by molar-refractivity contribution is 0.0545. The first-order valence-corrected chi connectivity index (χ1v) is 8.28. The van der Waals surface area contributed by atoms with Crippen molar-refractivity contribution in [3.05, 3.63) is 35.9 Å². The summed E-state index contributed by atoms with van der Waals surface area (Å²) in [6.07, 6.45) is 1.21. The molecule has 1 rings (SSSR count). The van der Waals surface area contributed by atoms with Crippen LogP contribution < -0.4 is 5.32 Å². The summed E-state index contributed by atoms with van der Waals surface area (Å²) in [7, 11) is 8.19. The molecule has 0 aliphatic rings. The number of nitrogens with one attached hydrogen (secondary N) is 1. The number of nitrogens with zero attached hydrogens (tertiary/aromatic N) is 3. The third kappa shape index (κ3) is 8.57. The van der Waals surface area contributed by atoms with Gasteiger partial charge in [0.05, 0.1) is 12.6 Å². The van der Waals surface area contributed by atoms with E-state index in [0.717, 1.165) is 32.1 Å². The molecule has 0 saturated heterocycles. The minimum Gasteiger partial charge on any atom is -0.377 e. The van der Waals surface area contributed by atoms with Crippen LogP contribution in [0.1, 0.15) is 18.9 Å². The number of guanidine groups is 1. The van der Waals surface area contributed by atoms with Crippen LogP contribution in [-0.2, 0) is 11.3 Å². The Morgan fingerprint density at radius 3 is 2.43 bits per heavy atom. The average Bonchev–Trinajstić information content (AvgIpc) is 2.52. The first-order valence-electron chi connectivity index (χ1n) is 8.28. The van der Waals surface area contributed by atoms with Crippen molar-refractivity contribution in [2.45, 2.75) is 26.0 Å². The van der Waals surface area contributed by atoms with Gasteiger partial charge in [0, 0.05) is 33.8 Å². The number of ether oxygens (including phenoxy) is 1. The van der Waals surface area contributed by atoms with Crippen molar-refractivity contribution in [3.63, 3.8) is 0 Å². The Balaban J connectivity index is 2.56. The second kappa shape index (κ2) is 11.0. The number of hydrogen-bond donors (Lipinski definition) is 1. The fourth-order valence-electron chi connectivity index (χ4n) is 2.19. The van der Waals surface area contributed by atoms with E-state index >= 15 is 0 Å². The van der Waals surface area contributed by atoms with Gasteiger partial charge in [-0.15, -0.1) is 0 Å². The van der Waals surface area contributed by atoms with Crippen molar-refractivity contribution in [1.29, 1.82) is 0 Å². The van der Waals surface area contributed by atoms with E-state index in [1.165, 1.54) is 5.56 Å². The van der Waals surface area contributed by atoms with Gasteiger partial charge in [-0.2, -0.15) is 0 Å². The van der Waals surface area contributed by atoms with Crippen LogP contribution >= 0.6 is 0 Å². The summed E-state index contributed by atoms with van der Waals surface area (Å²) in [4.78, 5) is 8.88. The van der Waals surface area contributed by atoms with Gasteiger partial charge in [0.15, 0.2) is 5.96 Å². The van der Waals surface area contributed by atoms with Gasteiger partial charge in [0.2, 0.25) is 0 Å². The minimum absolute atomic E-state index is 0.198. The second-order valence-electron chi connectivity index (χ2n) is 6.07. The summed E-state index contributed by atoms with van der Waals surface area (Å²) in [5.74, 6) is 0.892. The van der Waals surface area contributed by atoms with Gasteiger partial charge in [0.1, 0.15) is 0 Å². The summed E-state index contributed by atoms with van der Waals surface area (Å²) in [5, 5.41) is 3.43. The van der Waals surface area contributed by atoms with E-state index in [0.29, 0.717) is 6.54 Å². The Kier molecular flexibility index (Phi) is 9.33. The zero-order valence-electron chi connectivity index (χ0n) is 15.2. The lowest BCUT2D eigenvalue weighted by atomic mass is 10.2. The van der Waals surface area contributed by atoms with Gasteiger partial charge in [-0.1, -0.05) is 30.3 Å². The number of benzene rings is 1. The van der Waals surface area contributed by atoms with Gasteiger partial charge in [-0.25, -0.2) is 4.99 Å². The maximum Gasteiger partial charge on any atom is 0.193 e. The third-order valence-electron chi connectivity index (χ3n) is 3.47. The molecule has 1 atom stereocenters. The van der Waals surface area contributed by atoms with Crippen LogP contribution in [0.3, 0.4) is 0 Å². The Labute approximate surface area is 141 Å². The molecule has 0 saturated carbocycles. The van der Waals surface area contributed by atoms with Gasteiger partial charge in [-0.05, 0) is 33.0 Å². The van der Waals surface area contributed by atoms with Crippen LogP contribution in [0.4, 0.5) is 0 Å². The largest absolute Gasteiger partial charge is 0.377 e. The molecule has 0 amide bonds. The third-order valence-corrected chi connectivity index (χ3v) is 3.47. The molecule has 5 nitrogen and oxygen atoms in total. The molecule has 0 aliphatic carbocycles. The van der Waals surface area contributed by atoms with Gasteiger partial charge in [0.25, 0.3) is 0 Å². The quantitative estimate of drug-likeness (QED) is 0.558. The zero-order valence-corrected chi connectivity index (χ0v) is 15.2. The smallest absolute Gasteiger partial charge is 0.193 e. The molecule has 1 unspecified atom stereocenters. The zero-order chi connectivity index (χ0) is 17.1. The van der Waals surface area contributed by atoms with Crippen LogP contribution in [-0.4, -0.2) is 69.8 Å². The fourth-order valence-corrected chi connectivity index (χ4v) is 2.19. The van der Waals surface area contributed by atoms with Gasteiger partial charge >= 0.3 is 0 Å². The van der Waals surface area contributed by atoms with E-state index in [1.54, 1.807) is 0 Å². The summed E-state index contributed by atoms with van der Waals surface area (Å²) in [6.45, 7) is 5.24. The molecule has 0 heterocycles. The van der Waals surface area contributed by atoms with E-state index in [2.05, 4.69) is 41.4 Å². The molecule has 5 heteroatoms. The predicted molar refractivity (Wildman–Crippen MR) is 97.9 cm³/mol. The summed E-state index contributed by atoms with van der Waals surface area (Å²) in [5.41, 5.74) is 1.21. The van der Waals surface area contributed by atoms with Crippen molar-refractivity contribution in [2.75, 3.05) is 47.9 Å². The second-order valence-corrected chi connectivity index (χ2v) is 6.07. The maximum atomic E-state index is 5.82. The molecule has 0 bridgehead atoms. The van der Waals surface area contributed by atoms with Crippen molar-refractivity contribution in [3.8, 4) is 0 Å². The normalized spacial score (nSPS) is 13.2. The highest BCUT2D eigenvalue weighted by molar-refractivity contribution is 5.79. The SMILES string of the molecule is CCOC(CCN(C)C)CNC(=NCc1ccccc1)N(C)C. The van der Waals surface area contributed by atoms with Crippen LogP contribution in [0.25, 0.3) is 0 Å². The summed E-state index contributed by atoms with van der Waals surface area (Å²) < 4.78 is 5.82. The summed E-state index contributed by atoms with van der Waals surface area (Å²) >= 11 is 0. The standard InChI is InChI=1S/C18H32N4O/c1-6-23-17(12-13-21(2)3)15-20-18(22(4)5)19-14-16-10-8-7-9-11-16/h7-11,17H,6,12-15H2,1-5H3,(H,19,20). The molecule has 0 aliphatic heterocycles. The minimum atomic E-state index is 0.198. The fraction of sp³-hybridized carbons (Fsp3) is 0.611.